The van der Waals surface area contributed by atoms with Gasteiger partial charge in [-0.15, -0.1) is 0 Å². The predicted octanol–water partition coefficient (Wildman–Crippen LogP) is 5.38. The number of carbonyl (C=O) groups is 1. The van der Waals surface area contributed by atoms with Crippen LogP contribution >= 0.6 is 11.6 Å². The maximum Gasteiger partial charge on any atom is 0.253 e. The molecule has 0 unspecified atom stereocenters. The number of carbonyl (C=O) groups excluding carboxylic acids is 1. The van der Waals surface area contributed by atoms with E-state index in [1.807, 2.05) is 30.3 Å². The molecule has 0 aliphatic heterocycles. The molecule has 2 rings (SSSR count). The first-order valence-corrected chi connectivity index (χ1v) is 8.84. The average molecular weight is 360 g/mol. The first-order valence-electron chi connectivity index (χ1n) is 8.46. The van der Waals surface area contributed by atoms with Gasteiger partial charge in [0.15, 0.2) is 0 Å². The quantitative estimate of drug-likeness (QED) is 0.753. The van der Waals surface area contributed by atoms with Crippen LogP contribution in [0.4, 0.5) is 11.5 Å². The lowest BCUT2D eigenvalue weighted by molar-refractivity contribution is 0.0937. The van der Waals surface area contributed by atoms with Gasteiger partial charge in [0.05, 0.1) is 5.56 Å². The number of anilines is 2. The fourth-order valence-corrected chi connectivity index (χ4v) is 2.55. The molecule has 0 aliphatic carbocycles. The first-order chi connectivity index (χ1) is 11.7. The molecule has 134 valence electrons. The highest BCUT2D eigenvalue weighted by Crippen LogP contribution is 2.25. The van der Waals surface area contributed by atoms with Gasteiger partial charge >= 0.3 is 0 Å². The molecule has 0 atom stereocenters. The van der Waals surface area contributed by atoms with E-state index in [1.54, 1.807) is 6.20 Å². The van der Waals surface area contributed by atoms with Crippen molar-refractivity contribution in [2.24, 2.45) is 5.41 Å². The average Bonchev–Trinajstić information content (AvgIpc) is 2.52. The number of pyridine rings is 1. The van der Waals surface area contributed by atoms with Crippen LogP contribution in [0.15, 0.2) is 36.5 Å². The SMILES string of the molecule is CC(C)c1cc(Nc2cccc(Cl)c2)ncc1C(=O)NCC(C)(C)C. The lowest BCUT2D eigenvalue weighted by atomic mass is 9.95. The third-order valence-electron chi connectivity index (χ3n) is 3.68. The minimum atomic E-state index is -0.0829. The Morgan fingerprint density at radius 2 is 1.96 bits per heavy atom. The first kappa shape index (κ1) is 19.3. The number of amides is 1. The Hall–Kier alpha value is -2.07. The monoisotopic (exact) mass is 359 g/mol. The van der Waals surface area contributed by atoms with Crippen LogP contribution in [-0.2, 0) is 0 Å². The Balaban J connectivity index is 2.23. The Kier molecular flexibility index (Phi) is 6.07. The van der Waals surface area contributed by atoms with Crippen LogP contribution in [0, 0.1) is 5.41 Å². The van der Waals surface area contributed by atoms with Crippen LogP contribution in [0.2, 0.25) is 5.02 Å². The van der Waals surface area contributed by atoms with E-state index in [-0.39, 0.29) is 17.2 Å². The molecule has 0 saturated heterocycles. The van der Waals surface area contributed by atoms with Crippen LogP contribution < -0.4 is 10.6 Å². The number of nitrogens with zero attached hydrogens (tertiary/aromatic N) is 1. The van der Waals surface area contributed by atoms with Crippen LogP contribution in [-0.4, -0.2) is 17.4 Å². The second-order valence-electron chi connectivity index (χ2n) is 7.69. The normalized spacial score (nSPS) is 11.5. The zero-order valence-electron chi connectivity index (χ0n) is 15.5. The summed E-state index contributed by atoms with van der Waals surface area (Å²) >= 11 is 6.02. The van der Waals surface area contributed by atoms with Gasteiger partial charge in [-0.05, 0) is 41.2 Å². The molecule has 1 heterocycles. The molecular formula is C20H26ClN3O. The number of hydrogen-bond acceptors (Lipinski definition) is 3. The molecule has 0 aliphatic rings. The maximum absolute atomic E-state index is 12.5. The zero-order valence-corrected chi connectivity index (χ0v) is 16.2. The minimum Gasteiger partial charge on any atom is -0.351 e. The highest BCUT2D eigenvalue weighted by Gasteiger charge is 2.18. The summed E-state index contributed by atoms with van der Waals surface area (Å²) in [5, 5.41) is 6.89. The van der Waals surface area contributed by atoms with Gasteiger partial charge < -0.3 is 10.6 Å². The van der Waals surface area contributed by atoms with Crippen molar-refractivity contribution >= 4 is 29.0 Å². The second-order valence-corrected chi connectivity index (χ2v) is 8.13. The molecule has 25 heavy (non-hydrogen) atoms. The Morgan fingerprint density at radius 3 is 2.56 bits per heavy atom. The van der Waals surface area contributed by atoms with E-state index in [9.17, 15) is 4.79 Å². The molecule has 4 nitrogen and oxygen atoms in total. The van der Waals surface area contributed by atoms with Gasteiger partial charge in [-0.2, -0.15) is 0 Å². The number of rotatable bonds is 5. The molecule has 2 N–H and O–H groups in total. The molecule has 0 fully saturated rings. The fourth-order valence-electron chi connectivity index (χ4n) is 2.36. The van der Waals surface area contributed by atoms with Gasteiger partial charge in [-0.1, -0.05) is 52.3 Å². The van der Waals surface area contributed by atoms with Crippen molar-refractivity contribution < 1.29 is 4.79 Å². The lowest BCUT2D eigenvalue weighted by Gasteiger charge is -2.20. The largest absolute Gasteiger partial charge is 0.351 e. The van der Waals surface area contributed by atoms with E-state index in [0.717, 1.165) is 11.3 Å². The molecule has 0 bridgehead atoms. The molecule has 0 saturated carbocycles. The Morgan fingerprint density at radius 1 is 1.24 bits per heavy atom. The summed E-state index contributed by atoms with van der Waals surface area (Å²) in [6, 6.07) is 9.39. The van der Waals surface area contributed by atoms with Gasteiger partial charge in [0.1, 0.15) is 5.82 Å². The minimum absolute atomic E-state index is 0.0369. The van der Waals surface area contributed by atoms with Crippen LogP contribution in [0.1, 0.15) is 56.5 Å². The van der Waals surface area contributed by atoms with Crippen LogP contribution in [0.5, 0.6) is 0 Å². The van der Waals surface area contributed by atoms with Crippen molar-refractivity contribution in [3.05, 3.63) is 52.7 Å². The van der Waals surface area contributed by atoms with Crippen LogP contribution in [0.3, 0.4) is 0 Å². The summed E-state index contributed by atoms with van der Waals surface area (Å²) in [6.45, 7) is 11.0. The van der Waals surface area contributed by atoms with Gasteiger partial charge in [0.2, 0.25) is 0 Å². The van der Waals surface area contributed by atoms with Crippen molar-refractivity contribution in [3.8, 4) is 0 Å². The smallest absolute Gasteiger partial charge is 0.253 e. The standard InChI is InChI=1S/C20H26ClN3O/c1-13(2)16-10-18(24-15-8-6-7-14(21)9-15)22-11-17(16)19(25)23-12-20(3,4)5/h6-11,13H,12H2,1-5H3,(H,22,24)(H,23,25). The van der Waals surface area contributed by atoms with Crippen molar-refractivity contribution in [1.82, 2.24) is 10.3 Å². The van der Waals surface area contributed by atoms with Crippen molar-refractivity contribution in [3.63, 3.8) is 0 Å². The highest BCUT2D eigenvalue weighted by atomic mass is 35.5. The van der Waals surface area contributed by atoms with Crippen LogP contribution in [0.25, 0.3) is 0 Å². The summed E-state index contributed by atoms with van der Waals surface area (Å²) in [5.74, 6) is 0.817. The predicted molar refractivity (Wildman–Crippen MR) is 105 cm³/mol. The topological polar surface area (TPSA) is 54.0 Å². The van der Waals surface area contributed by atoms with Gasteiger partial charge in [0, 0.05) is 23.5 Å². The highest BCUT2D eigenvalue weighted by molar-refractivity contribution is 6.30. The molecule has 0 radical (unpaired) electrons. The fraction of sp³-hybridized carbons (Fsp3) is 0.400. The lowest BCUT2D eigenvalue weighted by Crippen LogP contribution is -2.33. The maximum atomic E-state index is 12.5. The van der Waals surface area contributed by atoms with Gasteiger partial charge in [-0.25, -0.2) is 4.98 Å². The van der Waals surface area contributed by atoms with E-state index in [0.29, 0.717) is 22.9 Å². The molecule has 5 heteroatoms. The molecule has 1 amide bonds. The summed E-state index contributed by atoms with van der Waals surface area (Å²) in [5.41, 5.74) is 2.48. The third kappa shape index (κ3) is 5.75. The molecule has 1 aromatic heterocycles. The van der Waals surface area contributed by atoms with E-state index in [2.05, 4.69) is 50.2 Å². The number of halogens is 1. The summed E-state index contributed by atoms with van der Waals surface area (Å²) < 4.78 is 0. The van der Waals surface area contributed by atoms with E-state index in [1.165, 1.54) is 0 Å². The van der Waals surface area contributed by atoms with Crippen molar-refractivity contribution in [2.45, 2.75) is 40.5 Å². The molecule has 2 aromatic rings. The third-order valence-corrected chi connectivity index (χ3v) is 3.91. The van der Waals surface area contributed by atoms with Gasteiger partial charge in [-0.3, -0.25) is 4.79 Å². The summed E-state index contributed by atoms with van der Waals surface area (Å²) in [7, 11) is 0. The molecular weight excluding hydrogens is 334 g/mol. The van der Waals surface area contributed by atoms with E-state index < -0.39 is 0 Å². The number of hydrogen-bond donors (Lipinski definition) is 2. The van der Waals surface area contributed by atoms with Gasteiger partial charge in [0.25, 0.3) is 5.91 Å². The van der Waals surface area contributed by atoms with E-state index in [4.69, 9.17) is 11.6 Å². The number of aromatic nitrogens is 1. The molecule has 1 aromatic carbocycles. The molecule has 0 spiro atoms. The number of benzene rings is 1. The summed E-state index contributed by atoms with van der Waals surface area (Å²) in [6.07, 6.45) is 1.64. The Bertz CT molecular complexity index is 751. The second kappa shape index (κ2) is 7.87. The number of nitrogens with one attached hydrogen (secondary N) is 2. The zero-order chi connectivity index (χ0) is 18.6. The van der Waals surface area contributed by atoms with Crippen molar-refractivity contribution in [2.75, 3.05) is 11.9 Å². The van der Waals surface area contributed by atoms with Crippen molar-refractivity contribution in [1.29, 1.82) is 0 Å². The summed E-state index contributed by atoms with van der Waals surface area (Å²) in [4.78, 5) is 16.9. The Labute approximate surface area is 155 Å². The van der Waals surface area contributed by atoms with E-state index >= 15 is 0 Å².